The van der Waals surface area contributed by atoms with Crippen LogP contribution in [0.15, 0.2) is 18.2 Å². The van der Waals surface area contributed by atoms with Gasteiger partial charge in [0.05, 0.1) is 4.75 Å². The minimum Gasteiger partial charge on any atom is -0.477 e. The Labute approximate surface area is 125 Å². The standard InChI is InChI=1S/C13H13ClO4S2/c1-13(2,20(3,17)18)8-4-7-5-11(12(15)16)19-10(7)6-9(8)14/h4-6H,1-3H3,(H,15,16). The van der Waals surface area contributed by atoms with E-state index in [0.29, 0.717) is 16.0 Å². The fourth-order valence-electron chi connectivity index (χ4n) is 1.83. The van der Waals surface area contributed by atoms with Gasteiger partial charge in [0.1, 0.15) is 4.88 Å². The number of thiophene rings is 1. The zero-order valence-corrected chi connectivity index (χ0v) is 13.5. The molecule has 20 heavy (non-hydrogen) atoms. The van der Waals surface area contributed by atoms with Gasteiger partial charge in [0.25, 0.3) is 0 Å². The van der Waals surface area contributed by atoms with E-state index in [1.165, 1.54) is 6.07 Å². The summed E-state index contributed by atoms with van der Waals surface area (Å²) < 4.78 is 23.4. The third-order valence-corrected chi connectivity index (χ3v) is 6.86. The Bertz CT molecular complexity index is 803. The number of hydrogen-bond donors (Lipinski definition) is 1. The van der Waals surface area contributed by atoms with E-state index in [-0.39, 0.29) is 4.88 Å². The molecule has 0 atom stereocenters. The van der Waals surface area contributed by atoms with Crippen molar-refractivity contribution >= 4 is 48.8 Å². The van der Waals surface area contributed by atoms with Crippen molar-refractivity contribution in [2.24, 2.45) is 0 Å². The van der Waals surface area contributed by atoms with Gasteiger partial charge in [-0.15, -0.1) is 11.3 Å². The summed E-state index contributed by atoms with van der Waals surface area (Å²) in [5.41, 5.74) is 0.476. The molecular weight excluding hydrogens is 320 g/mol. The first-order valence-corrected chi connectivity index (χ1v) is 8.79. The highest BCUT2D eigenvalue weighted by Gasteiger charge is 2.34. The number of fused-ring (bicyclic) bond motifs is 1. The minimum absolute atomic E-state index is 0.199. The van der Waals surface area contributed by atoms with Gasteiger partial charge in [0, 0.05) is 16.0 Å². The number of aromatic carboxylic acids is 1. The van der Waals surface area contributed by atoms with Crippen LogP contribution in [0.25, 0.3) is 10.1 Å². The molecule has 1 aromatic heterocycles. The molecule has 0 unspecified atom stereocenters. The van der Waals surface area contributed by atoms with Crippen molar-refractivity contribution in [3.05, 3.63) is 33.7 Å². The van der Waals surface area contributed by atoms with Gasteiger partial charge < -0.3 is 5.11 Å². The second kappa shape index (κ2) is 4.72. The van der Waals surface area contributed by atoms with Crippen LogP contribution in [0.5, 0.6) is 0 Å². The molecule has 7 heteroatoms. The van der Waals surface area contributed by atoms with E-state index >= 15 is 0 Å². The third kappa shape index (κ3) is 2.43. The number of carboxylic acids is 1. The van der Waals surface area contributed by atoms with E-state index < -0.39 is 20.6 Å². The van der Waals surface area contributed by atoms with Crippen molar-refractivity contribution in [2.75, 3.05) is 6.26 Å². The molecule has 0 saturated heterocycles. The Morgan fingerprint density at radius 3 is 2.40 bits per heavy atom. The monoisotopic (exact) mass is 332 g/mol. The molecule has 0 bridgehead atoms. The highest BCUT2D eigenvalue weighted by atomic mass is 35.5. The van der Waals surface area contributed by atoms with Crippen LogP contribution in [0.1, 0.15) is 29.1 Å². The lowest BCUT2D eigenvalue weighted by molar-refractivity contribution is 0.0702. The van der Waals surface area contributed by atoms with Gasteiger partial charge in [-0.2, -0.15) is 0 Å². The van der Waals surface area contributed by atoms with Crippen molar-refractivity contribution in [2.45, 2.75) is 18.6 Å². The summed E-state index contributed by atoms with van der Waals surface area (Å²) in [6.45, 7) is 3.17. The number of hydrogen-bond acceptors (Lipinski definition) is 4. The number of carboxylic acid groups (broad SMARTS) is 1. The predicted octanol–water partition coefficient (Wildman–Crippen LogP) is 3.53. The smallest absolute Gasteiger partial charge is 0.345 e. The van der Waals surface area contributed by atoms with Crippen LogP contribution in [-0.4, -0.2) is 25.7 Å². The van der Waals surface area contributed by atoms with Gasteiger partial charge in [0.15, 0.2) is 9.84 Å². The molecular formula is C13H13ClO4S2. The Kier molecular flexibility index (Phi) is 3.60. The van der Waals surface area contributed by atoms with Crippen LogP contribution in [0.2, 0.25) is 5.02 Å². The molecule has 0 aliphatic heterocycles. The molecule has 0 saturated carbocycles. The van der Waals surface area contributed by atoms with Gasteiger partial charge in [-0.3, -0.25) is 0 Å². The SMILES string of the molecule is CC(C)(c1cc2cc(C(=O)O)sc2cc1Cl)S(C)(=O)=O. The van der Waals surface area contributed by atoms with Gasteiger partial charge in [-0.25, -0.2) is 13.2 Å². The van der Waals surface area contributed by atoms with Crippen LogP contribution >= 0.6 is 22.9 Å². The summed E-state index contributed by atoms with van der Waals surface area (Å²) in [6, 6.07) is 4.80. The lowest BCUT2D eigenvalue weighted by Gasteiger charge is -2.24. The van der Waals surface area contributed by atoms with E-state index in [2.05, 4.69) is 0 Å². The van der Waals surface area contributed by atoms with E-state index in [4.69, 9.17) is 16.7 Å². The molecule has 2 rings (SSSR count). The van der Waals surface area contributed by atoms with Crippen LogP contribution in [0.3, 0.4) is 0 Å². The van der Waals surface area contributed by atoms with Crippen molar-refractivity contribution in [3.63, 3.8) is 0 Å². The minimum atomic E-state index is -3.35. The zero-order chi connectivity index (χ0) is 15.3. The van der Waals surface area contributed by atoms with E-state index in [1.54, 1.807) is 26.0 Å². The molecule has 108 valence electrons. The lowest BCUT2D eigenvalue weighted by Crippen LogP contribution is -2.28. The highest BCUT2D eigenvalue weighted by Crippen LogP contribution is 2.38. The topological polar surface area (TPSA) is 71.4 Å². The second-order valence-electron chi connectivity index (χ2n) is 5.07. The molecule has 1 heterocycles. The average molecular weight is 333 g/mol. The normalized spacial score (nSPS) is 12.8. The van der Waals surface area contributed by atoms with Crippen LogP contribution in [0.4, 0.5) is 0 Å². The summed E-state index contributed by atoms with van der Waals surface area (Å²) in [4.78, 5) is 11.2. The summed E-state index contributed by atoms with van der Waals surface area (Å²) >= 11 is 7.29. The first-order valence-electron chi connectivity index (χ1n) is 5.70. The number of sulfone groups is 1. The maximum atomic E-state index is 11.9. The van der Waals surface area contributed by atoms with Crippen molar-refractivity contribution in [1.82, 2.24) is 0 Å². The van der Waals surface area contributed by atoms with Gasteiger partial charge >= 0.3 is 5.97 Å². The first-order chi connectivity index (χ1) is 9.04. The molecule has 0 radical (unpaired) electrons. The molecule has 0 aliphatic rings. The fraction of sp³-hybridized carbons (Fsp3) is 0.308. The number of carbonyl (C=O) groups is 1. The predicted molar refractivity (Wildman–Crippen MR) is 81.7 cm³/mol. The molecule has 0 fully saturated rings. The van der Waals surface area contributed by atoms with Gasteiger partial charge in [-0.05, 0) is 43.0 Å². The van der Waals surface area contributed by atoms with Crippen molar-refractivity contribution in [1.29, 1.82) is 0 Å². The maximum Gasteiger partial charge on any atom is 0.345 e. The number of rotatable bonds is 3. The second-order valence-corrected chi connectivity index (χ2v) is 9.12. The average Bonchev–Trinajstić information content (AvgIpc) is 2.68. The summed E-state index contributed by atoms with van der Waals surface area (Å²) in [6.07, 6.45) is 1.16. The Morgan fingerprint density at radius 1 is 1.30 bits per heavy atom. The zero-order valence-electron chi connectivity index (χ0n) is 11.1. The van der Waals surface area contributed by atoms with Crippen molar-refractivity contribution in [3.8, 4) is 0 Å². The Hall–Kier alpha value is -1.11. The fourth-order valence-corrected chi connectivity index (χ4v) is 3.84. The van der Waals surface area contributed by atoms with E-state index in [1.807, 2.05) is 0 Å². The van der Waals surface area contributed by atoms with Crippen molar-refractivity contribution < 1.29 is 18.3 Å². The van der Waals surface area contributed by atoms with Crippen LogP contribution in [-0.2, 0) is 14.6 Å². The maximum absolute atomic E-state index is 11.9. The van der Waals surface area contributed by atoms with E-state index in [0.717, 1.165) is 22.3 Å². The van der Waals surface area contributed by atoms with Crippen LogP contribution in [0, 0.1) is 0 Å². The molecule has 0 amide bonds. The third-order valence-electron chi connectivity index (χ3n) is 3.39. The first kappa shape index (κ1) is 15.3. The highest BCUT2D eigenvalue weighted by molar-refractivity contribution is 7.91. The van der Waals surface area contributed by atoms with Crippen LogP contribution < -0.4 is 0 Å². The largest absolute Gasteiger partial charge is 0.477 e. The molecule has 0 spiro atoms. The lowest BCUT2D eigenvalue weighted by atomic mass is 10.0. The summed E-state index contributed by atoms with van der Waals surface area (Å²) in [5.74, 6) is -1.01. The number of benzene rings is 1. The molecule has 4 nitrogen and oxygen atoms in total. The van der Waals surface area contributed by atoms with E-state index in [9.17, 15) is 13.2 Å². The quantitative estimate of drug-likeness (QED) is 0.933. The van der Waals surface area contributed by atoms with Gasteiger partial charge in [0.2, 0.25) is 0 Å². The van der Waals surface area contributed by atoms with Gasteiger partial charge in [-0.1, -0.05) is 11.6 Å². The summed E-state index contributed by atoms with van der Waals surface area (Å²) in [7, 11) is -3.35. The molecule has 2 aromatic rings. The Morgan fingerprint density at radius 2 is 1.90 bits per heavy atom. The number of halogens is 1. The molecule has 1 N–H and O–H groups in total. The summed E-state index contributed by atoms with van der Waals surface area (Å²) in [5, 5.41) is 10.0. The Balaban J connectivity index is 2.73. The molecule has 0 aliphatic carbocycles. The molecule has 1 aromatic carbocycles.